The summed E-state index contributed by atoms with van der Waals surface area (Å²) in [6.07, 6.45) is 0. The Morgan fingerprint density at radius 3 is 2.47 bits per heavy atom. The highest BCUT2D eigenvalue weighted by Gasteiger charge is 2.22. The van der Waals surface area contributed by atoms with Crippen LogP contribution in [0.2, 0.25) is 10.0 Å². The quantitative estimate of drug-likeness (QED) is 0.863. The van der Waals surface area contributed by atoms with Crippen LogP contribution in [0.5, 0.6) is 5.88 Å². The van der Waals surface area contributed by atoms with Gasteiger partial charge in [0.05, 0.1) is 10.7 Å². The van der Waals surface area contributed by atoms with E-state index in [2.05, 4.69) is 5.10 Å². The van der Waals surface area contributed by atoms with Gasteiger partial charge in [0.2, 0.25) is 11.7 Å². The third-order valence-electron chi connectivity index (χ3n) is 2.59. The molecule has 2 aromatic rings. The molecule has 0 spiro atoms. The fraction of sp³-hybridized carbons (Fsp3) is 0.167. The predicted molar refractivity (Wildman–Crippen MR) is 76.8 cm³/mol. The summed E-state index contributed by atoms with van der Waals surface area (Å²) in [4.78, 5) is 12.3. The Morgan fingerprint density at radius 2 is 2.00 bits per heavy atom. The lowest BCUT2D eigenvalue weighted by molar-refractivity contribution is 0.103. The molecule has 1 aromatic carbocycles. The number of halogens is 3. The summed E-state index contributed by atoms with van der Waals surface area (Å²) < 4.78 is 1.24. The molecule has 102 valence electrons. The van der Waals surface area contributed by atoms with Crippen molar-refractivity contribution in [1.29, 1.82) is 0 Å². The molecule has 1 N–H and O–H groups in total. The van der Waals surface area contributed by atoms with Crippen LogP contribution in [-0.4, -0.2) is 20.7 Å². The second kappa shape index (κ2) is 5.82. The topological polar surface area (TPSA) is 55.1 Å². The average Bonchev–Trinajstić information content (AvgIpc) is 2.52. The molecule has 7 heteroatoms. The number of aromatic nitrogens is 2. The zero-order valence-electron chi connectivity index (χ0n) is 10.1. The van der Waals surface area contributed by atoms with E-state index < -0.39 is 0 Å². The van der Waals surface area contributed by atoms with Crippen molar-refractivity contribution in [3.8, 4) is 5.88 Å². The van der Waals surface area contributed by atoms with E-state index in [1.54, 1.807) is 20.0 Å². The fourth-order valence-corrected chi connectivity index (χ4v) is 2.21. The van der Waals surface area contributed by atoms with E-state index in [4.69, 9.17) is 23.2 Å². The summed E-state index contributed by atoms with van der Waals surface area (Å²) in [5.74, 6) is -0.553. The van der Waals surface area contributed by atoms with Gasteiger partial charge < -0.3 is 5.11 Å². The van der Waals surface area contributed by atoms with Crippen molar-refractivity contribution < 1.29 is 9.90 Å². The minimum atomic E-state index is -0.375. The van der Waals surface area contributed by atoms with Crippen LogP contribution in [0.3, 0.4) is 0 Å². The number of nitrogens with zero attached hydrogens (tertiary/aromatic N) is 2. The summed E-state index contributed by atoms with van der Waals surface area (Å²) in [5, 5.41) is 14.5. The molecule has 0 saturated carbocycles. The summed E-state index contributed by atoms with van der Waals surface area (Å²) in [6.45, 7) is 1.65. The van der Waals surface area contributed by atoms with Crippen molar-refractivity contribution >= 4 is 41.4 Å². The molecule has 19 heavy (non-hydrogen) atoms. The van der Waals surface area contributed by atoms with E-state index in [0.717, 1.165) is 0 Å². The minimum Gasteiger partial charge on any atom is -0.493 e. The van der Waals surface area contributed by atoms with Gasteiger partial charge in [0.25, 0.3) is 0 Å². The van der Waals surface area contributed by atoms with E-state index in [-0.39, 0.29) is 40.2 Å². The van der Waals surface area contributed by atoms with Crippen molar-refractivity contribution in [3.63, 3.8) is 0 Å². The summed E-state index contributed by atoms with van der Waals surface area (Å²) >= 11 is 11.7. The lowest BCUT2D eigenvalue weighted by Crippen LogP contribution is -2.03. The van der Waals surface area contributed by atoms with Crippen LogP contribution in [0.1, 0.15) is 21.6 Å². The van der Waals surface area contributed by atoms with Crippen LogP contribution in [0, 0.1) is 6.92 Å². The lowest BCUT2D eigenvalue weighted by atomic mass is 10.0. The Bertz CT molecular complexity index is 638. The highest BCUT2D eigenvalue weighted by Crippen LogP contribution is 2.28. The van der Waals surface area contributed by atoms with Gasteiger partial charge in [-0.1, -0.05) is 23.2 Å². The summed E-state index contributed by atoms with van der Waals surface area (Å²) in [6, 6.07) is 4.58. The molecule has 0 bridgehead atoms. The maximum absolute atomic E-state index is 12.3. The summed E-state index contributed by atoms with van der Waals surface area (Å²) in [7, 11) is 1.56. The minimum absolute atomic E-state index is 0. The molecule has 0 amide bonds. The van der Waals surface area contributed by atoms with Gasteiger partial charge in [0.1, 0.15) is 5.56 Å². The lowest BCUT2D eigenvalue weighted by Gasteiger charge is -2.03. The van der Waals surface area contributed by atoms with Crippen molar-refractivity contribution in [2.24, 2.45) is 7.05 Å². The second-order valence-corrected chi connectivity index (χ2v) is 4.70. The molecule has 1 aromatic heterocycles. The first-order chi connectivity index (χ1) is 8.41. The first-order valence-corrected chi connectivity index (χ1v) is 5.89. The Hall–Kier alpha value is -1.23. The molecule has 0 radical (unpaired) electrons. The Morgan fingerprint density at radius 1 is 1.37 bits per heavy atom. The first-order valence-electron chi connectivity index (χ1n) is 5.14. The van der Waals surface area contributed by atoms with Gasteiger partial charge >= 0.3 is 0 Å². The molecule has 4 nitrogen and oxygen atoms in total. The molecular formula is C12H11Cl3N2O2. The maximum Gasteiger partial charge on any atom is 0.220 e. The number of ketones is 1. The Labute approximate surface area is 126 Å². The van der Waals surface area contributed by atoms with E-state index >= 15 is 0 Å². The van der Waals surface area contributed by atoms with Crippen LogP contribution in [-0.2, 0) is 7.05 Å². The molecule has 2 rings (SSSR count). The monoisotopic (exact) mass is 320 g/mol. The number of aromatic hydroxyl groups is 1. The Kier molecular flexibility index (Phi) is 4.85. The Balaban J connectivity index is 0.00000180. The van der Waals surface area contributed by atoms with Gasteiger partial charge in [-0.2, -0.15) is 5.10 Å². The molecule has 0 aliphatic heterocycles. The first kappa shape index (κ1) is 15.8. The highest BCUT2D eigenvalue weighted by molar-refractivity contribution is 6.37. The number of rotatable bonds is 2. The molecule has 0 aliphatic rings. The zero-order valence-corrected chi connectivity index (χ0v) is 12.5. The third-order valence-corrected chi connectivity index (χ3v) is 3.14. The third kappa shape index (κ3) is 2.86. The largest absolute Gasteiger partial charge is 0.493 e. The van der Waals surface area contributed by atoms with Gasteiger partial charge in [-0.3, -0.25) is 4.79 Å². The molecule has 1 heterocycles. The van der Waals surface area contributed by atoms with Crippen molar-refractivity contribution in [1.82, 2.24) is 9.78 Å². The predicted octanol–water partition coefficient (Wildman–Crippen LogP) is 3.39. The number of hydrogen-bond acceptors (Lipinski definition) is 3. The molecule has 0 atom stereocenters. The number of benzene rings is 1. The van der Waals surface area contributed by atoms with E-state index in [9.17, 15) is 9.90 Å². The van der Waals surface area contributed by atoms with E-state index in [1.807, 2.05) is 0 Å². The molecular weight excluding hydrogens is 311 g/mol. The average molecular weight is 322 g/mol. The number of hydrogen-bond donors (Lipinski definition) is 1. The van der Waals surface area contributed by atoms with E-state index in [0.29, 0.717) is 10.7 Å². The number of carbonyl (C=O) groups excluding carboxylic acids is 1. The van der Waals surface area contributed by atoms with Gasteiger partial charge in [0.15, 0.2) is 0 Å². The SMILES string of the molecule is Cc1nn(C)c(O)c1C(=O)c1ccc(Cl)cc1Cl.Cl. The van der Waals surface area contributed by atoms with Crippen LogP contribution < -0.4 is 0 Å². The van der Waals surface area contributed by atoms with E-state index in [1.165, 1.54) is 16.8 Å². The van der Waals surface area contributed by atoms with Crippen molar-refractivity contribution in [2.45, 2.75) is 6.92 Å². The van der Waals surface area contributed by atoms with Crippen molar-refractivity contribution in [2.75, 3.05) is 0 Å². The highest BCUT2D eigenvalue weighted by atomic mass is 35.5. The summed E-state index contributed by atoms with van der Waals surface area (Å²) in [5.41, 5.74) is 0.889. The number of aryl methyl sites for hydroxylation is 2. The zero-order chi connectivity index (χ0) is 13.4. The smallest absolute Gasteiger partial charge is 0.220 e. The van der Waals surface area contributed by atoms with Gasteiger partial charge in [-0.15, -0.1) is 12.4 Å². The van der Waals surface area contributed by atoms with Gasteiger partial charge in [-0.25, -0.2) is 4.68 Å². The van der Waals surface area contributed by atoms with Crippen LogP contribution >= 0.6 is 35.6 Å². The van der Waals surface area contributed by atoms with Crippen molar-refractivity contribution in [3.05, 3.63) is 45.1 Å². The molecule has 0 unspecified atom stereocenters. The molecule has 0 fully saturated rings. The standard InChI is InChI=1S/C12H10Cl2N2O2.ClH/c1-6-10(12(18)16(2)15-6)11(17)8-4-3-7(13)5-9(8)14;/h3-5,18H,1-2H3;1H. The maximum atomic E-state index is 12.3. The fourth-order valence-electron chi connectivity index (χ4n) is 1.72. The van der Waals surface area contributed by atoms with Gasteiger partial charge in [-0.05, 0) is 25.1 Å². The molecule has 0 saturated heterocycles. The normalized spacial score (nSPS) is 10.1. The molecule has 0 aliphatic carbocycles. The van der Waals surface area contributed by atoms with Gasteiger partial charge in [0, 0.05) is 17.6 Å². The van der Waals surface area contributed by atoms with Crippen LogP contribution in [0.25, 0.3) is 0 Å². The second-order valence-electron chi connectivity index (χ2n) is 3.86. The van der Waals surface area contributed by atoms with Crippen LogP contribution in [0.4, 0.5) is 0 Å². The van der Waals surface area contributed by atoms with Crippen LogP contribution in [0.15, 0.2) is 18.2 Å². The number of carbonyl (C=O) groups is 1.